The molecule has 0 saturated carbocycles. The summed E-state index contributed by atoms with van der Waals surface area (Å²) in [4.78, 5) is 23.8. The normalized spacial score (nSPS) is 10.1. The van der Waals surface area contributed by atoms with Crippen LogP contribution in [-0.4, -0.2) is 26.1 Å². The largest absolute Gasteiger partial charge is 0.495 e. The molecule has 0 spiro atoms. The van der Waals surface area contributed by atoms with Gasteiger partial charge in [0, 0.05) is 19.2 Å². The first-order chi connectivity index (χ1) is 11.9. The first kappa shape index (κ1) is 18.3. The summed E-state index contributed by atoms with van der Waals surface area (Å²) in [6.45, 7) is 1.90. The molecule has 0 aliphatic carbocycles. The number of anilines is 1. The van der Waals surface area contributed by atoms with Crippen LogP contribution in [0.25, 0.3) is 0 Å². The topological polar surface area (TPSA) is 79.5 Å². The van der Waals surface area contributed by atoms with Crippen LogP contribution in [0.5, 0.6) is 5.75 Å². The van der Waals surface area contributed by atoms with Crippen molar-refractivity contribution in [3.8, 4) is 5.75 Å². The molecule has 0 heterocycles. The van der Waals surface area contributed by atoms with E-state index < -0.39 is 6.03 Å². The van der Waals surface area contributed by atoms with Gasteiger partial charge in [-0.1, -0.05) is 12.1 Å². The smallest absolute Gasteiger partial charge is 0.319 e. The summed E-state index contributed by atoms with van der Waals surface area (Å²) in [7, 11) is 3.00. The quantitative estimate of drug-likeness (QED) is 0.780. The zero-order valence-corrected chi connectivity index (χ0v) is 14.3. The Morgan fingerprint density at radius 2 is 1.92 bits per heavy atom. The number of benzene rings is 2. The molecular weight excluding hydrogens is 325 g/mol. The maximum absolute atomic E-state index is 13.3. The first-order valence-corrected chi connectivity index (χ1v) is 7.64. The highest BCUT2D eigenvalue weighted by atomic mass is 19.1. The number of carbonyl (C=O) groups is 2. The van der Waals surface area contributed by atoms with Gasteiger partial charge in [0.1, 0.15) is 11.6 Å². The molecule has 7 heteroatoms. The molecule has 0 bridgehead atoms. The van der Waals surface area contributed by atoms with Crippen LogP contribution in [0.2, 0.25) is 0 Å². The second-order valence-corrected chi connectivity index (χ2v) is 5.39. The summed E-state index contributed by atoms with van der Waals surface area (Å²) in [6, 6.07) is 8.90. The maximum atomic E-state index is 13.3. The Bertz CT molecular complexity index is 793. The summed E-state index contributed by atoms with van der Waals surface area (Å²) in [5.74, 6) is -0.128. The van der Waals surface area contributed by atoms with Crippen molar-refractivity contribution in [1.29, 1.82) is 0 Å². The third-order valence-corrected chi connectivity index (χ3v) is 3.61. The van der Waals surface area contributed by atoms with E-state index >= 15 is 0 Å². The van der Waals surface area contributed by atoms with Gasteiger partial charge in [0.25, 0.3) is 5.91 Å². The minimum atomic E-state index is -0.464. The van der Waals surface area contributed by atoms with Gasteiger partial charge in [-0.05, 0) is 42.3 Å². The lowest BCUT2D eigenvalue weighted by molar-refractivity contribution is 0.0963. The van der Waals surface area contributed by atoms with Crippen LogP contribution in [0, 0.1) is 12.7 Å². The Balaban J connectivity index is 2.06. The minimum absolute atomic E-state index is 0.240. The molecule has 0 atom stereocenters. The molecule has 2 aromatic rings. The van der Waals surface area contributed by atoms with Crippen molar-refractivity contribution < 1.29 is 18.7 Å². The molecule has 3 amide bonds. The molecule has 0 radical (unpaired) electrons. The number of halogens is 1. The summed E-state index contributed by atoms with van der Waals surface area (Å²) < 4.78 is 18.4. The molecule has 0 aliphatic heterocycles. The van der Waals surface area contributed by atoms with Gasteiger partial charge in [-0.15, -0.1) is 0 Å². The van der Waals surface area contributed by atoms with Gasteiger partial charge >= 0.3 is 6.03 Å². The number of methoxy groups -OCH3 is 1. The van der Waals surface area contributed by atoms with Crippen molar-refractivity contribution in [2.75, 3.05) is 19.5 Å². The third-order valence-electron chi connectivity index (χ3n) is 3.61. The van der Waals surface area contributed by atoms with E-state index in [9.17, 15) is 14.0 Å². The first-order valence-electron chi connectivity index (χ1n) is 7.64. The number of rotatable bonds is 5. The van der Waals surface area contributed by atoms with Crippen molar-refractivity contribution in [3.63, 3.8) is 0 Å². The van der Waals surface area contributed by atoms with Crippen molar-refractivity contribution in [2.45, 2.75) is 13.5 Å². The van der Waals surface area contributed by atoms with Gasteiger partial charge in [0.15, 0.2) is 0 Å². The highest BCUT2D eigenvalue weighted by Gasteiger charge is 2.11. The summed E-state index contributed by atoms with van der Waals surface area (Å²) in [5.41, 5.74) is 2.06. The van der Waals surface area contributed by atoms with Crippen molar-refractivity contribution in [1.82, 2.24) is 10.6 Å². The predicted molar refractivity (Wildman–Crippen MR) is 93.4 cm³/mol. The van der Waals surface area contributed by atoms with Crippen LogP contribution in [0.3, 0.4) is 0 Å². The predicted octanol–water partition coefficient (Wildman–Crippen LogP) is 2.82. The Morgan fingerprint density at radius 3 is 2.56 bits per heavy atom. The molecule has 2 rings (SSSR count). The minimum Gasteiger partial charge on any atom is -0.495 e. The molecule has 2 aromatic carbocycles. The number of carbonyl (C=O) groups excluding carboxylic acids is 2. The average Bonchev–Trinajstić information content (AvgIpc) is 2.62. The zero-order chi connectivity index (χ0) is 18.4. The van der Waals surface area contributed by atoms with Crippen molar-refractivity contribution >= 4 is 17.6 Å². The number of amides is 3. The van der Waals surface area contributed by atoms with Crippen LogP contribution in [-0.2, 0) is 6.54 Å². The van der Waals surface area contributed by atoms with E-state index in [2.05, 4.69) is 16.0 Å². The van der Waals surface area contributed by atoms with E-state index in [1.165, 1.54) is 26.3 Å². The maximum Gasteiger partial charge on any atom is 0.319 e. The lowest BCUT2D eigenvalue weighted by Crippen LogP contribution is -2.28. The second-order valence-electron chi connectivity index (χ2n) is 5.39. The molecule has 132 valence electrons. The number of urea groups is 1. The zero-order valence-electron chi connectivity index (χ0n) is 14.3. The van der Waals surface area contributed by atoms with E-state index in [1.54, 1.807) is 31.2 Å². The van der Waals surface area contributed by atoms with Crippen LogP contribution in [0.1, 0.15) is 21.5 Å². The van der Waals surface area contributed by atoms with Gasteiger partial charge in [-0.3, -0.25) is 4.79 Å². The number of ether oxygens (including phenoxy) is 1. The second kappa shape index (κ2) is 8.14. The fourth-order valence-electron chi connectivity index (χ4n) is 2.26. The van der Waals surface area contributed by atoms with Crippen LogP contribution in [0.4, 0.5) is 14.9 Å². The van der Waals surface area contributed by atoms with Gasteiger partial charge < -0.3 is 20.7 Å². The molecule has 0 unspecified atom stereocenters. The summed E-state index contributed by atoms with van der Waals surface area (Å²) >= 11 is 0. The number of hydrogen-bond donors (Lipinski definition) is 3. The lowest BCUT2D eigenvalue weighted by atomic mass is 10.1. The molecule has 25 heavy (non-hydrogen) atoms. The van der Waals surface area contributed by atoms with Gasteiger partial charge in [-0.25, -0.2) is 9.18 Å². The molecule has 0 aliphatic rings. The Kier molecular flexibility index (Phi) is 5.94. The Labute approximate surface area is 145 Å². The van der Waals surface area contributed by atoms with E-state index in [1.807, 2.05) is 0 Å². The number of hydrogen-bond acceptors (Lipinski definition) is 3. The molecule has 3 N–H and O–H groups in total. The van der Waals surface area contributed by atoms with Gasteiger partial charge in [0.2, 0.25) is 0 Å². The summed E-state index contributed by atoms with van der Waals surface area (Å²) in [5, 5.41) is 7.84. The van der Waals surface area contributed by atoms with Crippen molar-refractivity contribution in [2.24, 2.45) is 0 Å². The third kappa shape index (κ3) is 4.69. The van der Waals surface area contributed by atoms with E-state index in [0.717, 1.165) is 5.56 Å². The molecule has 0 aromatic heterocycles. The molecule has 0 fully saturated rings. The number of aryl methyl sites for hydroxylation is 1. The highest BCUT2D eigenvalue weighted by molar-refractivity contribution is 5.97. The Morgan fingerprint density at radius 1 is 1.16 bits per heavy atom. The fourth-order valence-corrected chi connectivity index (χ4v) is 2.26. The van der Waals surface area contributed by atoms with Gasteiger partial charge in [-0.2, -0.15) is 0 Å². The molecular formula is C18H20FN3O3. The standard InChI is InChI=1S/C18H20FN3O3/c1-11-8-12(4-6-14(11)19)10-21-18(24)22-15-9-13(17(23)20-2)5-7-16(15)25-3/h4-9H,10H2,1-3H3,(H,20,23)(H2,21,22,24). The molecule has 6 nitrogen and oxygen atoms in total. The van der Waals surface area contributed by atoms with E-state index in [4.69, 9.17) is 4.74 Å². The average molecular weight is 345 g/mol. The SMILES string of the molecule is CNC(=O)c1ccc(OC)c(NC(=O)NCc2ccc(F)c(C)c2)c1. The monoisotopic (exact) mass is 345 g/mol. The summed E-state index contributed by atoms with van der Waals surface area (Å²) in [6.07, 6.45) is 0. The number of nitrogens with one attached hydrogen (secondary N) is 3. The van der Waals surface area contributed by atoms with Crippen molar-refractivity contribution in [3.05, 3.63) is 58.9 Å². The van der Waals surface area contributed by atoms with E-state index in [0.29, 0.717) is 22.6 Å². The molecule has 0 saturated heterocycles. The fraction of sp³-hybridized carbons (Fsp3) is 0.222. The van der Waals surface area contributed by atoms with E-state index in [-0.39, 0.29) is 18.3 Å². The lowest BCUT2D eigenvalue weighted by Gasteiger charge is -2.13. The van der Waals surface area contributed by atoms with Crippen LogP contribution >= 0.6 is 0 Å². The van der Waals surface area contributed by atoms with Crippen LogP contribution < -0.4 is 20.7 Å². The Hall–Kier alpha value is -3.09. The van der Waals surface area contributed by atoms with Crippen LogP contribution in [0.15, 0.2) is 36.4 Å². The highest BCUT2D eigenvalue weighted by Crippen LogP contribution is 2.25. The van der Waals surface area contributed by atoms with Gasteiger partial charge in [0.05, 0.1) is 12.8 Å².